The largest absolute Gasteiger partial charge is 0.392 e. The zero-order valence-corrected chi connectivity index (χ0v) is 27.7. The number of pyridine rings is 1. The fraction of sp³-hybridized carbons (Fsp3) is 0.333. The van der Waals surface area contributed by atoms with Gasteiger partial charge in [0.2, 0.25) is 0 Å². The summed E-state index contributed by atoms with van der Waals surface area (Å²) in [6.07, 6.45) is 6.66. The minimum Gasteiger partial charge on any atom is -0.392 e. The van der Waals surface area contributed by atoms with Gasteiger partial charge in [-0.3, -0.25) is 9.59 Å². The highest BCUT2D eigenvalue weighted by atomic mass is 19.1. The molecule has 2 heterocycles. The number of likely N-dealkylation sites (N-methyl/N-ethyl adjacent to an activating group) is 1. The van der Waals surface area contributed by atoms with E-state index in [-0.39, 0.29) is 39.1 Å². The van der Waals surface area contributed by atoms with Crippen LogP contribution in [0, 0.1) is 12.4 Å². The van der Waals surface area contributed by atoms with Crippen LogP contribution >= 0.6 is 0 Å². The van der Waals surface area contributed by atoms with Crippen molar-refractivity contribution in [2.24, 2.45) is 7.05 Å². The molecule has 0 saturated carbocycles. The maximum atomic E-state index is 15.4. The van der Waals surface area contributed by atoms with Crippen molar-refractivity contribution in [1.82, 2.24) is 19.7 Å². The molecule has 46 heavy (non-hydrogen) atoms. The van der Waals surface area contributed by atoms with E-state index in [0.29, 0.717) is 22.1 Å². The SMILES string of the molecule is C#[N+]C(=CC=C(C)C(C)(C)NCC)Nc1cc(-c2cccc(-n3ncc4cc(C(C)(C)C)cc(F)c4c3=O)c2CO)cn(C)c1=O. The summed E-state index contributed by atoms with van der Waals surface area (Å²) < 4.78 is 17.8. The summed E-state index contributed by atoms with van der Waals surface area (Å²) in [5.74, 6) is -0.371. The lowest BCUT2D eigenvalue weighted by Gasteiger charge is -2.26. The van der Waals surface area contributed by atoms with Crippen molar-refractivity contribution in [1.29, 1.82) is 0 Å². The van der Waals surface area contributed by atoms with Gasteiger partial charge in [-0.2, -0.15) is 14.6 Å². The first-order valence-electron chi connectivity index (χ1n) is 15.1. The predicted octanol–water partition coefficient (Wildman–Crippen LogP) is 6.23. The number of aryl methyl sites for hydroxylation is 1. The number of fused-ring (bicyclic) bond motifs is 1. The Labute approximate surface area is 268 Å². The van der Waals surface area contributed by atoms with Crippen molar-refractivity contribution in [3.63, 3.8) is 0 Å². The first kappa shape index (κ1) is 34.0. The second-order valence-electron chi connectivity index (χ2n) is 12.9. The van der Waals surface area contributed by atoms with E-state index >= 15 is 4.39 Å². The van der Waals surface area contributed by atoms with Gasteiger partial charge in [-0.05, 0) is 68.1 Å². The van der Waals surface area contributed by atoms with Gasteiger partial charge in [0.25, 0.3) is 11.1 Å². The molecule has 0 aliphatic carbocycles. The molecular weight excluding hydrogens is 583 g/mol. The van der Waals surface area contributed by atoms with Gasteiger partial charge in [-0.15, -0.1) is 0 Å². The molecule has 0 bridgehead atoms. The van der Waals surface area contributed by atoms with E-state index in [4.69, 9.17) is 6.57 Å². The van der Waals surface area contributed by atoms with Gasteiger partial charge in [-0.1, -0.05) is 51.5 Å². The minimum absolute atomic E-state index is 0.0890. The molecule has 4 aromatic rings. The third-order valence-electron chi connectivity index (χ3n) is 8.23. The van der Waals surface area contributed by atoms with Gasteiger partial charge >= 0.3 is 5.82 Å². The topological polar surface area (TPSA) is 106 Å². The lowest BCUT2D eigenvalue weighted by molar-refractivity contribution is 0.282. The Balaban J connectivity index is 1.82. The van der Waals surface area contributed by atoms with E-state index in [1.54, 1.807) is 49.7 Å². The number of halogens is 1. The Morgan fingerprint density at radius 3 is 2.46 bits per heavy atom. The summed E-state index contributed by atoms with van der Waals surface area (Å²) in [6, 6.07) is 9.89. The number of aliphatic hydroxyl groups excluding tert-OH is 1. The van der Waals surface area contributed by atoms with Crippen LogP contribution in [-0.4, -0.2) is 31.5 Å². The van der Waals surface area contributed by atoms with Crippen LogP contribution in [-0.2, 0) is 19.1 Å². The standard InChI is InChI=1S/C36H42FN6O3/c1-10-39-36(6,7)22(2)14-15-31(38-8)41-29-17-24(20-42(9)33(29)45)26-12-11-13-30(27(26)21-44)43-34(46)32-23(19-40-43)16-25(18-28(32)37)35(3,4)5/h8,11-20,39,41,44H,10,21H2,1-7,9H3/q+1. The molecule has 0 radical (unpaired) electrons. The zero-order valence-electron chi connectivity index (χ0n) is 27.7. The first-order chi connectivity index (χ1) is 21.6. The lowest BCUT2D eigenvalue weighted by Crippen LogP contribution is -2.40. The van der Waals surface area contributed by atoms with Crippen molar-refractivity contribution in [3.8, 4) is 23.4 Å². The van der Waals surface area contributed by atoms with E-state index in [2.05, 4.69) is 34.4 Å². The second-order valence-corrected chi connectivity index (χ2v) is 12.9. The summed E-state index contributed by atoms with van der Waals surface area (Å²) in [5.41, 5.74) is 2.21. The fourth-order valence-electron chi connectivity index (χ4n) is 5.25. The molecule has 0 unspecified atom stereocenters. The van der Waals surface area contributed by atoms with E-state index < -0.39 is 18.0 Å². The van der Waals surface area contributed by atoms with Gasteiger partial charge in [0, 0.05) is 41.4 Å². The average molecular weight is 626 g/mol. The van der Waals surface area contributed by atoms with E-state index in [1.165, 1.54) is 16.8 Å². The number of nitrogens with one attached hydrogen (secondary N) is 2. The Bertz CT molecular complexity index is 2020. The molecule has 2 aromatic heterocycles. The Hall–Kier alpha value is -4.85. The molecule has 0 saturated heterocycles. The second kappa shape index (κ2) is 13.3. The van der Waals surface area contributed by atoms with Crippen molar-refractivity contribution >= 4 is 16.5 Å². The van der Waals surface area contributed by atoms with E-state index in [0.717, 1.165) is 22.4 Å². The summed E-state index contributed by atoms with van der Waals surface area (Å²) in [6.45, 7) is 20.1. The predicted molar refractivity (Wildman–Crippen MR) is 184 cm³/mol. The molecule has 10 heteroatoms. The van der Waals surface area contributed by atoms with Crippen LogP contribution in [0.3, 0.4) is 0 Å². The number of nitrogens with zero attached hydrogens (tertiary/aromatic N) is 4. The summed E-state index contributed by atoms with van der Waals surface area (Å²) >= 11 is 0. The Morgan fingerprint density at radius 2 is 1.83 bits per heavy atom. The van der Waals surface area contributed by atoms with E-state index in [9.17, 15) is 14.7 Å². The molecule has 4 rings (SSSR count). The Kier molecular flexibility index (Phi) is 9.80. The van der Waals surface area contributed by atoms with Crippen molar-refractivity contribution in [2.75, 3.05) is 11.9 Å². The number of benzene rings is 2. The molecule has 240 valence electrons. The molecule has 3 N–H and O–H groups in total. The minimum atomic E-state index is -0.648. The molecule has 9 nitrogen and oxygen atoms in total. The van der Waals surface area contributed by atoms with Crippen LogP contribution in [0.25, 0.3) is 32.4 Å². The Morgan fingerprint density at radius 1 is 1.11 bits per heavy atom. The molecule has 0 amide bonds. The molecule has 0 aliphatic rings. The van der Waals surface area contributed by atoms with Gasteiger partial charge in [0.15, 0.2) is 5.69 Å². The quantitative estimate of drug-likeness (QED) is 0.191. The number of allylic oxidation sites excluding steroid dienone is 2. The number of rotatable bonds is 9. The summed E-state index contributed by atoms with van der Waals surface area (Å²) in [4.78, 5) is 30.6. The number of hydrogen-bond donors (Lipinski definition) is 3. The highest BCUT2D eigenvalue weighted by Gasteiger charge is 2.22. The lowest BCUT2D eigenvalue weighted by atomic mass is 9.86. The highest BCUT2D eigenvalue weighted by molar-refractivity contribution is 5.83. The van der Waals surface area contributed by atoms with Crippen LogP contribution in [0.4, 0.5) is 10.1 Å². The first-order valence-corrected chi connectivity index (χ1v) is 15.1. The number of hydrogen-bond acceptors (Lipinski definition) is 6. The summed E-state index contributed by atoms with van der Waals surface area (Å²) in [7, 11) is 1.61. The maximum Gasteiger partial charge on any atom is 0.383 e. The van der Waals surface area contributed by atoms with Crippen LogP contribution < -0.4 is 21.8 Å². The third kappa shape index (κ3) is 6.86. The monoisotopic (exact) mass is 625 g/mol. The molecular formula is C36H42FN6O3+. The van der Waals surface area contributed by atoms with Crippen molar-refractivity contribution in [3.05, 3.63) is 115 Å². The molecule has 0 aliphatic heterocycles. The highest BCUT2D eigenvalue weighted by Crippen LogP contribution is 2.31. The average Bonchev–Trinajstić information content (AvgIpc) is 3.00. The van der Waals surface area contributed by atoms with Crippen molar-refractivity contribution in [2.45, 2.75) is 66.0 Å². The fourth-order valence-corrected chi connectivity index (χ4v) is 5.25. The molecule has 0 fully saturated rings. The normalized spacial score (nSPS) is 12.8. The maximum absolute atomic E-state index is 15.4. The van der Waals surface area contributed by atoms with Gasteiger partial charge < -0.3 is 15.0 Å². The molecule has 0 spiro atoms. The van der Waals surface area contributed by atoms with Crippen LogP contribution in [0.2, 0.25) is 0 Å². The molecule has 0 atom stereocenters. The number of anilines is 1. The smallest absolute Gasteiger partial charge is 0.383 e. The van der Waals surface area contributed by atoms with Gasteiger partial charge in [-0.25, -0.2) is 9.71 Å². The number of aromatic nitrogens is 3. The van der Waals surface area contributed by atoms with Crippen LogP contribution in [0.15, 0.2) is 81.9 Å². The van der Waals surface area contributed by atoms with Gasteiger partial charge in [0.1, 0.15) is 12.4 Å². The van der Waals surface area contributed by atoms with Gasteiger partial charge in [0.05, 0.1) is 23.9 Å². The third-order valence-corrected chi connectivity index (χ3v) is 8.23. The zero-order chi connectivity index (χ0) is 34.0. The van der Waals surface area contributed by atoms with E-state index in [1.807, 2.05) is 40.7 Å². The number of aliphatic hydroxyl groups is 1. The van der Waals surface area contributed by atoms with Crippen LogP contribution in [0.1, 0.15) is 59.6 Å². The molecule has 2 aromatic carbocycles. The van der Waals surface area contributed by atoms with Crippen LogP contribution in [0.5, 0.6) is 0 Å². The van der Waals surface area contributed by atoms with Crippen molar-refractivity contribution < 1.29 is 9.50 Å². The summed E-state index contributed by atoms with van der Waals surface area (Å²) in [5, 5.41) is 21.7.